The van der Waals surface area contributed by atoms with Gasteiger partial charge in [0.1, 0.15) is 4.88 Å². The van der Waals surface area contributed by atoms with Crippen molar-refractivity contribution in [3.05, 3.63) is 49.9 Å². The zero-order valence-corrected chi connectivity index (χ0v) is 14.4. The first-order valence-electron chi connectivity index (χ1n) is 6.37. The van der Waals surface area contributed by atoms with Crippen molar-refractivity contribution in [2.45, 2.75) is 13.0 Å². The minimum absolute atomic E-state index is 0.0307. The summed E-state index contributed by atoms with van der Waals surface area (Å²) >= 11 is 6.53. The lowest BCUT2D eigenvalue weighted by molar-refractivity contribution is 0.0945. The van der Waals surface area contributed by atoms with Gasteiger partial charge in [-0.3, -0.25) is 4.79 Å². The first-order chi connectivity index (χ1) is 10.1. The number of carbonyl (C=O) groups is 1. The molecule has 2 heterocycles. The number of fused-ring (bicyclic) bond motifs is 1. The number of hydrogen-bond acceptors (Lipinski definition) is 4. The molecule has 6 heteroatoms. The van der Waals surface area contributed by atoms with Gasteiger partial charge < -0.3 is 11.1 Å². The van der Waals surface area contributed by atoms with Crippen LogP contribution in [-0.4, -0.2) is 5.91 Å². The molecule has 0 saturated heterocycles. The Morgan fingerprint density at radius 2 is 2.19 bits per heavy atom. The van der Waals surface area contributed by atoms with Gasteiger partial charge in [-0.15, -0.1) is 11.3 Å². The van der Waals surface area contributed by atoms with Crippen molar-refractivity contribution >= 4 is 60.3 Å². The zero-order chi connectivity index (χ0) is 15.0. The van der Waals surface area contributed by atoms with Crippen LogP contribution >= 0.6 is 38.6 Å². The molecule has 1 unspecified atom stereocenters. The van der Waals surface area contributed by atoms with E-state index < -0.39 is 0 Å². The lowest BCUT2D eigenvalue weighted by atomic mass is 10.1. The molecule has 108 valence electrons. The highest BCUT2D eigenvalue weighted by atomic mass is 79.9. The van der Waals surface area contributed by atoms with Gasteiger partial charge in [0.25, 0.3) is 5.91 Å². The van der Waals surface area contributed by atoms with Gasteiger partial charge in [0, 0.05) is 14.6 Å². The van der Waals surface area contributed by atoms with Crippen molar-refractivity contribution in [2.24, 2.45) is 0 Å². The summed E-state index contributed by atoms with van der Waals surface area (Å²) in [5.74, 6) is -0.126. The number of hydrogen-bond donors (Lipinski definition) is 2. The summed E-state index contributed by atoms with van der Waals surface area (Å²) in [6, 6.07) is 7.83. The van der Waals surface area contributed by atoms with E-state index in [-0.39, 0.29) is 11.9 Å². The number of rotatable bonds is 3. The molecule has 21 heavy (non-hydrogen) atoms. The molecule has 0 aliphatic heterocycles. The standard InChI is InChI=1S/C15H13BrN2OS2/c1-8(9-5-6-20-7-9)18-15(19)14-13(17)12-10(16)3-2-4-11(12)21-14/h2-8H,17H2,1H3,(H,18,19). The van der Waals surface area contributed by atoms with E-state index in [0.29, 0.717) is 10.6 Å². The number of nitrogens with one attached hydrogen (secondary N) is 1. The minimum Gasteiger partial charge on any atom is -0.397 e. The maximum atomic E-state index is 12.5. The van der Waals surface area contributed by atoms with Crippen LogP contribution in [0.1, 0.15) is 28.2 Å². The molecule has 3 rings (SSSR count). The molecule has 0 spiro atoms. The first kappa shape index (κ1) is 14.6. The number of amides is 1. The molecule has 3 aromatic rings. The molecule has 0 bridgehead atoms. The molecule has 1 aromatic carbocycles. The van der Waals surface area contributed by atoms with Crippen LogP contribution in [0.5, 0.6) is 0 Å². The monoisotopic (exact) mass is 380 g/mol. The minimum atomic E-state index is -0.126. The normalized spacial score (nSPS) is 12.5. The van der Waals surface area contributed by atoms with Crippen LogP contribution in [0.25, 0.3) is 10.1 Å². The Balaban J connectivity index is 1.92. The molecule has 1 atom stereocenters. The highest BCUT2D eigenvalue weighted by molar-refractivity contribution is 9.10. The van der Waals surface area contributed by atoms with Crippen LogP contribution in [0.4, 0.5) is 5.69 Å². The predicted octanol–water partition coefficient (Wildman–Crippen LogP) is 4.80. The van der Waals surface area contributed by atoms with E-state index in [1.165, 1.54) is 11.3 Å². The van der Waals surface area contributed by atoms with Gasteiger partial charge in [0.2, 0.25) is 0 Å². The maximum absolute atomic E-state index is 12.5. The average Bonchev–Trinajstić information content (AvgIpc) is 3.07. The van der Waals surface area contributed by atoms with Gasteiger partial charge in [0.15, 0.2) is 0 Å². The van der Waals surface area contributed by atoms with Gasteiger partial charge in [-0.2, -0.15) is 11.3 Å². The van der Waals surface area contributed by atoms with Crippen molar-refractivity contribution in [1.29, 1.82) is 0 Å². The topological polar surface area (TPSA) is 55.1 Å². The molecule has 0 fully saturated rings. The van der Waals surface area contributed by atoms with Crippen LogP contribution < -0.4 is 11.1 Å². The van der Waals surface area contributed by atoms with Crippen LogP contribution in [0, 0.1) is 0 Å². The summed E-state index contributed by atoms with van der Waals surface area (Å²) in [6.45, 7) is 1.97. The SMILES string of the molecule is CC(NC(=O)c1sc2cccc(Br)c2c1N)c1ccsc1. The van der Waals surface area contributed by atoms with Gasteiger partial charge in [-0.25, -0.2) is 0 Å². The Bertz CT molecular complexity index is 795. The Morgan fingerprint density at radius 3 is 2.86 bits per heavy atom. The van der Waals surface area contributed by atoms with Gasteiger partial charge in [0.05, 0.1) is 11.7 Å². The second-order valence-corrected chi connectivity index (χ2v) is 7.40. The number of halogens is 1. The molecule has 0 aliphatic carbocycles. The Labute approximate surface area is 138 Å². The van der Waals surface area contributed by atoms with E-state index in [1.54, 1.807) is 11.3 Å². The molecule has 0 aliphatic rings. The van der Waals surface area contributed by atoms with Crippen LogP contribution in [0.2, 0.25) is 0 Å². The largest absolute Gasteiger partial charge is 0.397 e. The summed E-state index contributed by atoms with van der Waals surface area (Å²) in [4.78, 5) is 13.0. The average molecular weight is 381 g/mol. The highest BCUT2D eigenvalue weighted by Crippen LogP contribution is 2.38. The predicted molar refractivity (Wildman–Crippen MR) is 94.1 cm³/mol. The molecule has 0 saturated carbocycles. The van der Waals surface area contributed by atoms with Crippen molar-refractivity contribution in [2.75, 3.05) is 5.73 Å². The molecular formula is C15H13BrN2OS2. The number of nitrogen functional groups attached to an aromatic ring is 1. The van der Waals surface area contributed by atoms with Crippen molar-refractivity contribution in [3.8, 4) is 0 Å². The Morgan fingerprint density at radius 1 is 1.38 bits per heavy atom. The van der Waals surface area contributed by atoms with E-state index in [9.17, 15) is 4.79 Å². The Kier molecular flexibility index (Phi) is 4.01. The van der Waals surface area contributed by atoms with E-state index in [1.807, 2.05) is 41.9 Å². The highest BCUT2D eigenvalue weighted by Gasteiger charge is 2.19. The molecule has 0 radical (unpaired) electrons. The third-order valence-electron chi connectivity index (χ3n) is 3.30. The van der Waals surface area contributed by atoms with Gasteiger partial charge >= 0.3 is 0 Å². The van der Waals surface area contributed by atoms with Crippen LogP contribution in [0.15, 0.2) is 39.5 Å². The van der Waals surface area contributed by atoms with Crippen molar-refractivity contribution in [1.82, 2.24) is 5.32 Å². The summed E-state index contributed by atoms with van der Waals surface area (Å²) in [6.07, 6.45) is 0. The number of thiophene rings is 2. The zero-order valence-electron chi connectivity index (χ0n) is 11.2. The third-order valence-corrected chi connectivity index (χ3v) is 5.83. The van der Waals surface area contributed by atoms with E-state index in [4.69, 9.17) is 5.73 Å². The van der Waals surface area contributed by atoms with E-state index in [2.05, 4.69) is 21.2 Å². The lowest BCUT2D eigenvalue weighted by Crippen LogP contribution is -2.26. The number of anilines is 1. The summed E-state index contributed by atoms with van der Waals surface area (Å²) < 4.78 is 1.92. The van der Waals surface area contributed by atoms with E-state index in [0.717, 1.165) is 20.1 Å². The third kappa shape index (κ3) is 2.71. The summed E-state index contributed by atoms with van der Waals surface area (Å²) in [5.41, 5.74) is 7.80. The van der Waals surface area contributed by atoms with Crippen molar-refractivity contribution < 1.29 is 4.79 Å². The first-order valence-corrected chi connectivity index (χ1v) is 8.92. The number of nitrogens with two attached hydrogens (primary N) is 1. The van der Waals surface area contributed by atoms with Gasteiger partial charge in [-0.1, -0.05) is 22.0 Å². The summed E-state index contributed by atoms with van der Waals surface area (Å²) in [5, 5.41) is 7.96. The second kappa shape index (κ2) is 5.79. The van der Waals surface area contributed by atoms with E-state index >= 15 is 0 Å². The maximum Gasteiger partial charge on any atom is 0.263 e. The lowest BCUT2D eigenvalue weighted by Gasteiger charge is -2.12. The number of carbonyl (C=O) groups excluding carboxylic acids is 1. The smallest absolute Gasteiger partial charge is 0.263 e. The summed E-state index contributed by atoms with van der Waals surface area (Å²) in [7, 11) is 0. The molecule has 3 N–H and O–H groups in total. The molecule has 1 amide bonds. The van der Waals surface area contributed by atoms with Crippen LogP contribution in [-0.2, 0) is 0 Å². The molecule has 2 aromatic heterocycles. The number of benzene rings is 1. The molecule has 3 nitrogen and oxygen atoms in total. The van der Waals surface area contributed by atoms with Crippen molar-refractivity contribution in [3.63, 3.8) is 0 Å². The molecular weight excluding hydrogens is 368 g/mol. The fraction of sp³-hybridized carbons (Fsp3) is 0.133. The fourth-order valence-corrected chi connectivity index (χ4v) is 4.68. The second-order valence-electron chi connectivity index (χ2n) is 4.71. The van der Waals surface area contributed by atoms with Gasteiger partial charge in [-0.05, 0) is 41.4 Å². The quantitative estimate of drug-likeness (QED) is 0.685. The Hall–Kier alpha value is -1.37. The fourth-order valence-electron chi connectivity index (χ4n) is 2.16. The van der Waals surface area contributed by atoms with Crippen LogP contribution in [0.3, 0.4) is 0 Å².